The van der Waals surface area contributed by atoms with Crippen molar-refractivity contribution in [1.82, 2.24) is 5.32 Å². The molecular formula is C12H24N2O2. The van der Waals surface area contributed by atoms with E-state index in [1.54, 1.807) is 6.92 Å². The van der Waals surface area contributed by atoms with Crippen LogP contribution in [-0.2, 0) is 9.53 Å². The van der Waals surface area contributed by atoms with Crippen LogP contribution in [0.3, 0.4) is 0 Å². The average molecular weight is 228 g/mol. The third kappa shape index (κ3) is 4.10. The van der Waals surface area contributed by atoms with Gasteiger partial charge >= 0.3 is 0 Å². The van der Waals surface area contributed by atoms with Gasteiger partial charge in [0.15, 0.2) is 0 Å². The number of hydrogen-bond acceptors (Lipinski definition) is 3. The highest BCUT2D eigenvalue weighted by molar-refractivity contribution is 5.81. The molecule has 94 valence electrons. The maximum Gasteiger partial charge on any atom is 0.249 e. The Morgan fingerprint density at radius 3 is 2.50 bits per heavy atom. The number of rotatable bonds is 3. The van der Waals surface area contributed by atoms with Gasteiger partial charge in [-0.05, 0) is 47.0 Å². The molecule has 0 radical (unpaired) electrons. The highest BCUT2D eigenvalue weighted by atomic mass is 16.5. The molecule has 0 aromatic carbocycles. The maximum absolute atomic E-state index is 11.8. The van der Waals surface area contributed by atoms with Crippen LogP contribution in [0, 0.1) is 0 Å². The lowest BCUT2D eigenvalue weighted by Gasteiger charge is -2.26. The van der Waals surface area contributed by atoms with Crippen molar-refractivity contribution in [3.05, 3.63) is 0 Å². The summed E-state index contributed by atoms with van der Waals surface area (Å²) in [6, 6.07) is 0.0879. The molecule has 4 nitrogen and oxygen atoms in total. The zero-order valence-electron chi connectivity index (χ0n) is 10.7. The summed E-state index contributed by atoms with van der Waals surface area (Å²) in [5.74, 6) is -0.0633. The van der Waals surface area contributed by atoms with Crippen LogP contribution in [0.25, 0.3) is 0 Å². The molecule has 16 heavy (non-hydrogen) atoms. The van der Waals surface area contributed by atoms with Crippen LogP contribution in [0.1, 0.15) is 47.0 Å². The van der Waals surface area contributed by atoms with E-state index in [1.165, 1.54) is 0 Å². The van der Waals surface area contributed by atoms with Gasteiger partial charge in [0.1, 0.15) is 6.10 Å². The van der Waals surface area contributed by atoms with E-state index in [1.807, 2.05) is 20.8 Å². The second kappa shape index (κ2) is 5.15. The zero-order chi connectivity index (χ0) is 12.3. The van der Waals surface area contributed by atoms with Gasteiger partial charge in [0, 0.05) is 11.6 Å². The van der Waals surface area contributed by atoms with Crippen LogP contribution in [-0.4, -0.2) is 29.7 Å². The van der Waals surface area contributed by atoms with E-state index in [-0.39, 0.29) is 23.6 Å². The number of ether oxygens (including phenoxy) is 1. The van der Waals surface area contributed by atoms with E-state index < -0.39 is 6.10 Å². The van der Waals surface area contributed by atoms with E-state index in [9.17, 15) is 4.79 Å². The van der Waals surface area contributed by atoms with Gasteiger partial charge in [0.25, 0.3) is 0 Å². The molecule has 1 amide bonds. The average Bonchev–Trinajstić information content (AvgIpc) is 2.49. The number of nitrogens with two attached hydrogens (primary N) is 1. The van der Waals surface area contributed by atoms with Crippen molar-refractivity contribution >= 4 is 5.91 Å². The fourth-order valence-corrected chi connectivity index (χ4v) is 1.92. The minimum absolute atomic E-state index is 0.0423. The molecule has 3 atom stereocenters. The molecule has 0 heterocycles. The van der Waals surface area contributed by atoms with Crippen LogP contribution in [0.4, 0.5) is 0 Å². The molecule has 0 spiro atoms. The third-order valence-corrected chi connectivity index (χ3v) is 2.75. The van der Waals surface area contributed by atoms with E-state index in [4.69, 9.17) is 10.5 Å². The van der Waals surface area contributed by atoms with E-state index in [0.717, 1.165) is 19.3 Å². The number of carbonyl (C=O) groups excluding carboxylic acids is 1. The van der Waals surface area contributed by atoms with Gasteiger partial charge in [-0.15, -0.1) is 0 Å². The highest BCUT2D eigenvalue weighted by Crippen LogP contribution is 2.21. The number of amides is 1. The fraction of sp³-hybridized carbons (Fsp3) is 0.917. The molecular weight excluding hydrogens is 204 g/mol. The van der Waals surface area contributed by atoms with Crippen molar-refractivity contribution in [2.24, 2.45) is 5.73 Å². The van der Waals surface area contributed by atoms with Crippen molar-refractivity contribution in [1.29, 1.82) is 0 Å². The summed E-state index contributed by atoms with van der Waals surface area (Å²) >= 11 is 0. The maximum atomic E-state index is 11.8. The Kier molecular flexibility index (Phi) is 4.33. The van der Waals surface area contributed by atoms with E-state index >= 15 is 0 Å². The SMILES string of the molecule is CC(OC1CCCC1N)C(=O)NC(C)(C)C. The summed E-state index contributed by atoms with van der Waals surface area (Å²) in [4.78, 5) is 11.8. The van der Waals surface area contributed by atoms with Crippen LogP contribution >= 0.6 is 0 Å². The molecule has 0 saturated heterocycles. The Bertz CT molecular complexity index is 248. The molecule has 0 bridgehead atoms. The van der Waals surface area contributed by atoms with Gasteiger partial charge in [0.2, 0.25) is 5.91 Å². The van der Waals surface area contributed by atoms with Crippen LogP contribution in [0.2, 0.25) is 0 Å². The summed E-state index contributed by atoms with van der Waals surface area (Å²) < 4.78 is 5.69. The Hall–Kier alpha value is -0.610. The first kappa shape index (κ1) is 13.5. The molecule has 4 heteroatoms. The molecule has 1 fully saturated rings. The van der Waals surface area contributed by atoms with Crippen molar-refractivity contribution < 1.29 is 9.53 Å². The predicted molar refractivity (Wildman–Crippen MR) is 64.1 cm³/mol. The van der Waals surface area contributed by atoms with Crippen molar-refractivity contribution in [2.45, 2.75) is 70.7 Å². The van der Waals surface area contributed by atoms with Gasteiger partial charge in [-0.3, -0.25) is 4.79 Å². The molecule has 0 aromatic heterocycles. The smallest absolute Gasteiger partial charge is 0.249 e. The minimum atomic E-state index is -0.423. The number of hydrogen-bond donors (Lipinski definition) is 2. The fourth-order valence-electron chi connectivity index (χ4n) is 1.92. The standard InChI is InChI=1S/C12H24N2O2/c1-8(11(15)14-12(2,3)4)16-10-7-5-6-9(10)13/h8-10H,5-7,13H2,1-4H3,(H,14,15). The highest BCUT2D eigenvalue weighted by Gasteiger charge is 2.29. The van der Waals surface area contributed by atoms with Crippen molar-refractivity contribution in [2.75, 3.05) is 0 Å². The molecule has 1 rings (SSSR count). The Labute approximate surface area is 97.9 Å². The van der Waals surface area contributed by atoms with Gasteiger partial charge in [0.05, 0.1) is 6.10 Å². The van der Waals surface area contributed by atoms with Gasteiger partial charge in [-0.1, -0.05) is 0 Å². The summed E-state index contributed by atoms with van der Waals surface area (Å²) in [7, 11) is 0. The predicted octanol–water partition coefficient (Wildman–Crippen LogP) is 1.19. The first-order chi connectivity index (χ1) is 7.29. The number of carbonyl (C=O) groups is 1. The lowest BCUT2D eigenvalue weighted by atomic mass is 10.1. The van der Waals surface area contributed by atoms with Crippen LogP contribution in [0.15, 0.2) is 0 Å². The minimum Gasteiger partial charge on any atom is -0.364 e. The van der Waals surface area contributed by atoms with Gasteiger partial charge < -0.3 is 15.8 Å². The summed E-state index contributed by atoms with van der Waals surface area (Å²) in [6.07, 6.45) is 2.68. The van der Waals surface area contributed by atoms with Crippen molar-refractivity contribution in [3.8, 4) is 0 Å². The normalized spacial score (nSPS) is 27.8. The second-order valence-corrected chi connectivity index (χ2v) is 5.65. The van der Waals surface area contributed by atoms with Gasteiger partial charge in [-0.2, -0.15) is 0 Å². The van der Waals surface area contributed by atoms with Crippen molar-refractivity contribution in [3.63, 3.8) is 0 Å². The number of nitrogens with one attached hydrogen (secondary N) is 1. The molecule has 1 saturated carbocycles. The molecule has 1 aliphatic carbocycles. The summed E-state index contributed by atoms with van der Waals surface area (Å²) in [5, 5.41) is 2.90. The quantitative estimate of drug-likeness (QED) is 0.762. The van der Waals surface area contributed by atoms with E-state index in [2.05, 4.69) is 5.32 Å². The zero-order valence-corrected chi connectivity index (χ0v) is 10.7. The monoisotopic (exact) mass is 228 g/mol. The van der Waals surface area contributed by atoms with E-state index in [0.29, 0.717) is 0 Å². The van der Waals surface area contributed by atoms with Gasteiger partial charge in [-0.25, -0.2) is 0 Å². The molecule has 0 aromatic rings. The van der Waals surface area contributed by atoms with Crippen LogP contribution < -0.4 is 11.1 Å². The Balaban J connectivity index is 2.39. The topological polar surface area (TPSA) is 64.3 Å². The Morgan fingerprint density at radius 1 is 1.44 bits per heavy atom. The second-order valence-electron chi connectivity index (χ2n) is 5.65. The Morgan fingerprint density at radius 2 is 2.06 bits per heavy atom. The summed E-state index contributed by atoms with van der Waals surface area (Å²) in [5.41, 5.74) is 5.68. The molecule has 1 aliphatic rings. The lowest BCUT2D eigenvalue weighted by Crippen LogP contribution is -2.47. The first-order valence-electron chi connectivity index (χ1n) is 6.02. The lowest BCUT2D eigenvalue weighted by molar-refractivity contribution is -0.137. The van der Waals surface area contributed by atoms with Crippen LogP contribution in [0.5, 0.6) is 0 Å². The molecule has 3 N–H and O–H groups in total. The summed E-state index contributed by atoms with van der Waals surface area (Å²) in [6.45, 7) is 7.66. The first-order valence-corrected chi connectivity index (χ1v) is 6.02. The molecule has 3 unspecified atom stereocenters. The third-order valence-electron chi connectivity index (χ3n) is 2.75. The largest absolute Gasteiger partial charge is 0.364 e. The molecule has 0 aliphatic heterocycles.